The lowest BCUT2D eigenvalue weighted by atomic mass is 9.85. The number of carboxylic acids is 2. The molecule has 2 heterocycles. The average molecular weight is 671 g/mol. The zero-order valence-electron chi connectivity index (χ0n) is 24.7. The number of hydrogen-bond donors (Lipinski definition) is 10. The Kier molecular flexibility index (Phi) is 12.4. The van der Waals surface area contributed by atoms with E-state index in [-0.39, 0.29) is 42.3 Å². The van der Waals surface area contributed by atoms with Gasteiger partial charge in [0.15, 0.2) is 35.2 Å². The van der Waals surface area contributed by atoms with E-state index in [4.69, 9.17) is 18.9 Å². The van der Waals surface area contributed by atoms with Crippen molar-refractivity contribution < 1.29 is 79.6 Å². The van der Waals surface area contributed by atoms with E-state index in [1.54, 1.807) is 12.1 Å². The van der Waals surface area contributed by atoms with E-state index in [1.807, 2.05) is 13.8 Å². The van der Waals surface area contributed by atoms with Crippen LogP contribution in [0.1, 0.15) is 32.4 Å². The molecule has 0 radical (unpaired) electrons. The second-order valence-electron chi connectivity index (χ2n) is 11.7. The monoisotopic (exact) mass is 670 g/mol. The minimum Gasteiger partial charge on any atom is -0.504 e. The third-order valence-corrected chi connectivity index (χ3v) is 8.25. The number of aliphatic carboxylic acids is 2. The van der Waals surface area contributed by atoms with Crippen LogP contribution in [0.2, 0.25) is 0 Å². The topological polar surface area (TPSA) is 273 Å². The van der Waals surface area contributed by atoms with Gasteiger partial charge in [0.2, 0.25) is 12.6 Å². The standard InChI is InChI=1S/C30H38O16.CH4/c1-11(7-13-3-5-15(31)16(32)9-13)12(2)8-14-4-6-17(43-29-23(37)19(33)21(35)25(45-29)27(39)40)18(10-14)44-30-24(38)20(34)22(36)26(46-30)28(41)42;/h3-6,9-12,19-26,29-38H,7-8H2,1-2H3,(H,39,40)(H,41,42);1H4/t11-,12+,19+,20+,21+,22+,23-,24-,25+,26+,29-,30?;/m1./s1. The summed E-state index contributed by atoms with van der Waals surface area (Å²) >= 11 is 0. The number of aliphatic hydroxyl groups is 6. The Morgan fingerprint density at radius 2 is 1.06 bits per heavy atom. The number of rotatable bonds is 11. The molecule has 0 saturated carbocycles. The maximum Gasteiger partial charge on any atom is 0.335 e. The fourth-order valence-corrected chi connectivity index (χ4v) is 5.26. The first-order chi connectivity index (χ1) is 21.6. The molecule has 2 aromatic carbocycles. The van der Waals surface area contributed by atoms with E-state index in [0.29, 0.717) is 18.4 Å². The van der Waals surface area contributed by atoms with Crippen molar-refractivity contribution in [3.63, 3.8) is 0 Å². The van der Waals surface area contributed by atoms with Crippen molar-refractivity contribution in [3.05, 3.63) is 47.5 Å². The molecule has 0 aliphatic carbocycles. The quantitative estimate of drug-likeness (QED) is 0.133. The normalized spacial score (nSPS) is 32.0. The highest BCUT2D eigenvalue weighted by Gasteiger charge is 2.50. The molecule has 16 heteroatoms. The Bertz CT molecular complexity index is 1390. The van der Waals surface area contributed by atoms with Crippen LogP contribution in [-0.4, -0.2) is 124 Å². The minimum absolute atomic E-state index is 0. The van der Waals surface area contributed by atoms with Gasteiger partial charge in [-0.1, -0.05) is 33.4 Å². The molecule has 1 unspecified atom stereocenters. The SMILES string of the molecule is C.C[C@H](Cc1ccc(O)c(O)c1)[C@@H](C)Cc1ccc(O[C@@H]2O[C@H](C(=O)O)[C@@H](O)[C@H](O)[C@H]2O)c(OC2O[C@H](C(=O)O)[C@@H](O)[C@H](O)[C@H]2O)c1. The Hall–Kier alpha value is -3.74. The van der Waals surface area contributed by atoms with E-state index < -0.39 is 73.4 Å². The van der Waals surface area contributed by atoms with Crippen LogP contribution in [0, 0.1) is 11.8 Å². The number of phenols is 2. The third kappa shape index (κ3) is 8.41. The van der Waals surface area contributed by atoms with Crippen molar-refractivity contribution in [2.45, 2.75) is 95.5 Å². The smallest absolute Gasteiger partial charge is 0.335 e. The fourth-order valence-electron chi connectivity index (χ4n) is 5.26. The van der Waals surface area contributed by atoms with Crippen LogP contribution in [0.25, 0.3) is 0 Å². The molecule has 0 aromatic heterocycles. The summed E-state index contributed by atoms with van der Waals surface area (Å²) in [7, 11) is 0. The minimum atomic E-state index is -1.99. The number of aliphatic hydroxyl groups excluding tert-OH is 6. The van der Waals surface area contributed by atoms with Crippen molar-refractivity contribution in [2.24, 2.45) is 11.8 Å². The summed E-state index contributed by atoms with van der Waals surface area (Å²) in [5, 5.41) is 99.7. The number of hydrogen-bond acceptors (Lipinski definition) is 14. The molecule has 0 spiro atoms. The number of ether oxygens (including phenoxy) is 4. The second-order valence-corrected chi connectivity index (χ2v) is 11.7. The van der Waals surface area contributed by atoms with E-state index in [2.05, 4.69) is 0 Å². The second kappa shape index (κ2) is 15.4. The molecule has 2 aliphatic rings. The molecule has 16 nitrogen and oxygen atoms in total. The van der Waals surface area contributed by atoms with E-state index in [9.17, 15) is 60.7 Å². The summed E-state index contributed by atoms with van der Waals surface area (Å²) < 4.78 is 21.8. The first kappa shape index (κ1) is 37.7. The maximum absolute atomic E-state index is 11.6. The molecule has 2 aliphatic heterocycles. The molecule has 2 fully saturated rings. The van der Waals surface area contributed by atoms with Gasteiger partial charge < -0.3 is 70.0 Å². The van der Waals surface area contributed by atoms with Gasteiger partial charge >= 0.3 is 11.9 Å². The first-order valence-electron chi connectivity index (χ1n) is 14.4. The first-order valence-corrected chi connectivity index (χ1v) is 14.4. The summed E-state index contributed by atoms with van der Waals surface area (Å²) in [5.74, 6) is -4.20. The predicted molar refractivity (Wildman–Crippen MR) is 159 cm³/mol. The Morgan fingerprint density at radius 1 is 0.638 bits per heavy atom. The highest BCUT2D eigenvalue weighted by molar-refractivity contribution is 5.74. The van der Waals surface area contributed by atoms with Crippen LogP contribution in [0.4, 0.5) is 0 Å². The molecule has 2 saturated heterocycles. The number of aromatic hydroxyl groups is 2. The van der Waals surface area contributed by atoms with Gasteiger partial charge in [-0.25, -0.2) is 9.59 Å². The maximum atomic E-state index is 11.6. The van der Waals surface area contributed by atoms with Crippen LogP contribution in [0.15, 0.2) is 36.4 Å². The summed E-state index contributed by atoms with van der Waals surface area (Å²) in [6.45, 7) is 3.94. The van der Waals surface area contributed by atoms with E-state index >= 15 is 0 Å². The van der Waals surface area contributed by atoms with Crippen molar-refractivity contribution in [2.75, 3.05) is 0 Å². The Labute approximate surface area is 269 Å². The van der Waals surface area contributed by atoms with Crippen LogP contribution in [0.3, 0.4) is 0 Å². The summed E-state index contributed by atoms with van der Waals surface area (Å²) in [4.78, 5) is 23.2. The summed E-state index contributed by atoms with van der Waals surface area (Å²) in [5.41, 5.74) is 1.41. The largest absolute Gasteiger partial charge is 0.504 e. The molecule has 0 amide bonds. The molecule has 4 rings (SSSR count). The van der Waals surface area contributed by atoms with Gasteiger partial charge in [-0.15, -0.1) is 0 Å². The fraction of sp³-hybridized carbons (Fsp3) is 0.548. The number of phenolic OH excluding ortho intramolecular Hbond substituents is 2. The summed E-state index contributed by atoms with van der Waals surface area (Å²) in [6, 6.07) is 8.93. The molecule has 2 aromatic rings. The van der Waals surface area contributed by atoms with E-state index in [0.717, 1.165) is 5.56 Å². The number of carboxylic acid groups (broad SMARTS) is 2. The van der Waals surface area contributed by atoms with Crippen molar-refractivity contribution in [1.82, 2.24) is 0 Å². The lowest BCUT2D eigenvalue weighted by Crippen LogP contribution is -2.61. The van der Waals surface area contributed by atoms with Crippen LogP contribution < -0.4 is 9.47 Å². The molecule has 262 valence electrons. The van der Waals surface area contributed by atoms with Gasteiger partial charge in [0.25, 0.3) is 0 Å². The molecule has 47 heavy (non-hydrogen) atoms. The average Bonchev–Trinajstić information content (AvgIpc) is 3.00. The lowest BCUT2D eigenvalue weighted by molar-refractivity contribution is -0.276. The molecular formula is C31H42O16. The van der Waals surface area contributed by atoms with Crippen LogP contribution in [-0.2, 0) is 31.9 Å². The molecule has 12 atom stereocenters. The van der Waals surface area contributed by atoms with Gasteiger partial charge in [-0.3, -0.25) is 0 Å². The van der Waals surface area contributed by atoms with E-state index in [1.165, 1.54) is 24.3 Å². The third-order valence-electron chi connectivity index (χ3n) is 8.25. The van der Waals surface area contributed by atoms with Crippen molar-refractivity contribution >= 4 is 11.9 Å². The van der Waals surface area contributed by atoms with Crippen LogP contribution >= 0.6 is 0 Å². The molecular weight excluding hydrogens is 628 g/mol. The summed E-state index contributed by atoms with van der Waals surface area (Å²) in [6.07, 6.45) is -18.5. The number of benzene rings is 2. The molecule has 10 N–H and O–H groups in total. The molecule has 0 bridgehead atoms. The predicted octanol–water partition coefficient (Wildman–Crippen LogP) is -0.667. The zero-order valence-corrected chi connectivity index (χ0v) is 24.7. The Morgan fingerprint density at radius 3 is 1.51 bits per heavy atom. The van der Waals surface area contributed by atoms with Gasteiger partial charge in [-0.05, 0) is 60.1 Å². The highest BCUT2D eigenvalue weighted by atomic mass is 16.7. The van der Waals surface area contributed by atoms with Gasteiger partial charge in [0, 0.05) is 0 Å². The lowest BCUT2D eigenvalue weighted by Gasteiger charge is -2.40. The highest BCUT2D eigenvalue weighted by Crippen LogP contribution is 2.36. The zero-order chi connectivity index (χ0) is 34.0. The number of carbonyl (C=O) groups is 2. The van der Waals surface area contributed by atoms with Crippen molar-refractivity contribution in [1.29, 1.82) is 0 Å². The van der Waals surface area contributed by atoms with Gasteiger partial charge in [0.1, 0.15) is 36.6 Å². The van der Waals surface area contributed by atoms with Gasteiger partial charge in [0.05, 0.1) is 0 Å². The Balaban J connectivity index is 0.00000600. The van der Waals surface area contributed by atoms with Crippen molar-refractivity contribution in [3.8, 4) is 23.0 Å². The van der Waals surface area contributed by atoms with Crippen LogP contribution in [0.5, 0.6) is 23.0 Å². The van der Waals surface area contributed by atoms with Gasteiger partial charge in [-0.2, -0.15) is 0 Å².